The van der Waals surface area contributed by atoms with Crippen LogP contribution in [0.25, 0.3) is 0 Å². The number of carbonyl (C=O) groups is 6. The fourth-order valence-electron chi connectivity index (χ4n) is 18.1. The maximum atomic E-state index is 14.6. The highest BCUT2D eigenvalue weighted by molar-refractivity contribution is 5.94. The van der Waals surface area contributed by atoms with Gasteiger partial charge in [0.25, 0.3) is 0 Å². The first kappa shape index (κ1) is 52.8. The number of Topliss-reactive ketones (excluding diaryl/α,β-unsaturated/α-hetero) is 2. The molecule has 6 saturated carbocycles. The van der Waals surface area contributed by atoms with Crippen LogP contribution in [-0.4, -0.2) is 135 Å². The van der Waals surface area contributed by atoms with E-state index in [1.807, 2.05) is 20.8 Å². The van der Waals surface area contributed by atoms with E-state index in [1.165, 1.54) is 0 Å². The molecular formula is C55H84F2N4O10. The molecule has 398 valence electrons. The smallest absolute Gasteiger partial charge is 0.414 e. The molecule has 10 rings (SSSR count). The van der Waals surface area contributed by atoms with E-state index in [0.29, 0.717) is 25.9 Å². The van der Waals surface area contributed by atoms with Crippen molar-refractivity contribution in [3.05, 3.63) is 0 Å². The zero-order chi connectivity index (χ0) is 51.4. The molecule has 16 heteroatoms. The number of hydrogen-bond donors (Lipinski definition) is 3. The van der Waals surface area contributed by atoms with Gasteiger partial charge in [0.15, 0.2) is 0 Å². The largest absolute Gasteiger partial charge is 0.445 e. The van der Waals surface area contributed by atoms with E-state index >= 15 is 0 Å². The minimum Gasteiger partial charge on any atom is -0.445 e. The fourth-order valence-corrected chi connectivity index (χ4v) is 18.1. The summed E-state index contributed by atoms with van der Waals surface area (Å²) >= 11 is 0. The molecule has 71 heavy (non-hydrogen) atoms. The third kappa shape index (κ3) is 8.25. The van der Waals surface area contributed by atoms with Crippen molar-refractivity contribution in [1.29, 1.82) is 0 Å². The molecule has 3 N–H and O–H groups in total. The number of hydrogen-bond acceptors (Lipinski definition) is 12. The Kier molecular flexibility index (Phi) is 14.1. The minimum absolute atomic E-state index is 0.00808. The summed E-state index contributed by atoms with van der Waals surface area (Å²) in [5.41, 5.74) is -4.31. The van der Waals surface area contributed by atoms with Crippen LogP contribution in [0.1, 0.15) is 132 Å². The average Bonchev–Trinajstić information content (AvgIpc) is 4.24. The van der Waals surface area contributed by atoms with Crippen molar-refractivity contribution in [3.63, 3.8) is 0 Å². The second-order valence-corrected chi connectivity index (χ2v) is 26.1. The van der Waals surface area contributed by atoms with Gasteiger partial charge >= 0.3 is 12.2 Å². The van der Waals surface area contributed by atoms with E-state index < -0.39 is 70.9 Å². The van der Waals surface area contributed by atoms with Gasteiger partial charge in [-0.3, -0.25) is 38.6 Å². The number of ether oxygens (including phenoxy) is 3. The van der Waals surface area contributed by atoms with E-state index in [1.54, 1.807) is 21.0 Å². The van der Waals surface area contributed by atoms with Crippen molar-refractivity contribution in [2.45, 2.75) is 157 Å². The number of ketones is 2. The lowest BCUT2D eigenvalue weighted by atomic mass is 9.44. The van der Waals surface area contributed by atoms with Crippen molar-refractivity contribution in [2.24, 2.45) is 91.7 Å². The summed E-state index contributed by atoms with van der Waals surface area (Å²) in [5.74, 6) is -1.04. The van der Waals surface area contributed by atoms with E-state index in [0.717, 1.165) is 77.5 Å². The van der Waals surface area contributed by atoms with Crippen molar-refractivity contribution < 1.29 is 56.9 Å². The molecule has 0 aromatic carbocycles. The Morgan fingerprint density at radius 2 is 1.21 bits per heavy atom. The van der Waals surface area contributed by atoms with Gasteiger partial charge in [-0.25, -0.2) is 9.59 Å². The van der Waals surface area contributed by atoms with Gasteiger partial charge in [0, 0.05) is 73.7 Å². The molecule has 0 spiro atoms. The van der Waals surface area contributed by atoms with Crippen LogP contribution in [0.15, 0.2) is 0 Å². The molecule has 6 aliphatic carbocycles. The van der Waals surface area contributed by atoms with Crippen molar-refractivity contribution in [1.82, 2.24) is 20.4 Å². The molecule has 0 radical (unpaired) electrons. The summed E-state index contributed by atoms with van der Waals surface area (Å²) in [7, 11) is 1.72. The number of rotatable bonds is 7. The lowest BCUT2D eigenvalue weighted by Gasteiger charge is -2.61. The molecule has 8 bridgehead atoms. The Labute approximate surface area is 419 Å². The summed E-state index contributed by atoms with van der Waals surface area (Å²) in [5, 5.41) is 16.4. The second-order valence-electron chi connectivity index (χ2n) is 26.1. The Morgan fingerprint density at radius 3 is 1.70 bits per heavy atom. The summed E-state index contributed by atoms with van der Waals surface area (Å²) in [4.78, 5) is 83.9. The number of fused-ring (bicyclic) bond motifs is 4. The van der Waals surface area contributed by atoms with Crippen LogP contribution in [0, 0.1) is 91.7 Å². The Hall–Kier alpha value is -3.08. The van der Waals surface area contributed by atoms with Gasteiger partial charge in [-0.2, -0.15) is 0 Å². The zero-order valence-corrected chi connectivity index (χ0v) is 44.0. The highest BCUT2D eigenvalue weighted by Crippen LogP contribution is 2.70. The molecule has 10 fully saturated rings. The van der Waals surface area contributed by atoms with Crippen LogP contribution in [-0.2, 0) is 33.4 Å². The summed E-state index contributed by atoms with van der Waals surface area (Å²) in [6.07, 6.45) is 4.30. The van der Waals surface area contributed by atoms with Crippen LogP contribution in [0.5, 0.6) is 0 Å². The predicted molar refractivity (Wildman–Crippen MR) is 259 cm³/mol. The normalized spacial score (nSPS) is 50.3. The number of carbonyl (C=O) groups excluding carboxylic acids is 6. The first-order chi connectivity index (χ1) is 33.5. The molecule has 0 aromatic rings. The number of aliphatic hydroxyl groups excluding tert-OH is 1. The Bertz CT molecular complexity index is 2130. The van der Waals surface area contributed by atoms with E-state index in [4.69, 9.17) is 14.2 Å². The first-order valence-electron chi connectivity index (χ1n) is 27.3. The van der Waals surface area contributed by atoms with Crippen LogP contribution >= 0.6 is 0 Å². The Balaban J connectivity index is 0.000000176. The number of alkyl halides is 2. The first-order valence-corrected chi connectivity index (χ1v) is 27.3. The fraction of sp³-hybridized carbons (Fsp3) is 0.891. The van der Waals surface area contributed by atoms with Crippen molar-refractivity contribution >= 4 is 35.6 Å². The second kappa shape index (κ2) is 18.9. The summed E-state index contributed by atoms with van der Waals surface area (Å²) < 4.78 is 47.3. The lowest BCUT2D eigenvalue weighted by Crippen LogP contribution is -2.64. The number of imide groups is 2. The van der Waals surface area contributed by atoms with Gasteiger partial charge in [-0.15, -0.1) is 0 Å². The zero-order valence-electron chi connectivity index (χ0n) is 44.0. The predicted octanol–water partition coefficient (Wildman–Crippen LogP) is 7.33. The molecule has 14 nitrogen and oxygen atoms in total. The summed E-state index contributed by atoms with van der Waals surface area (Å²) in [6.45, 7) is 19.4. The molecule has 0 aromatic heterocycles. The van der Waals surface area contributed by atoms with Crippen molar-refractivity contribution in [2.75, 3.05) is 59.7 Å². The number of amides is 4. The van der Waals surface area contributed by atoms with Gasteiger partial charge in [0.05, 0.1) is 36.1 Å². The van der Waals surface area contributed by atoms with Crippen LogP contribution in [0.3, 0.4) is 0 Å². The highest BCUT2D eigenvalue weighted by atomic mass is 19.1. The molecule has 22 atom stereocenters. The van der Waals surface area contributed by atoms with Gasteiger partial charge in [-0.05, 0) is 131 Å². The van der Waals surface area contributed by atoms with Crippen molar-refractivity contribution in [3.8, 4) is 0 Å². The Morgan fingerprint density at radius 1 is 0.690 bits per heavy atom. The standard InChI is InChI=1S/C28H43FN2O5.C27H41FN2O5/c1-16-6-9-28-10-7-20(35-5)22(28)27(16,4)21(12-26(3,15-29)23(32)17(28)2)36-25(34)30-24(33)19-14-31-11-8-18(19)13-31;1-15-5-8-27-9-6-19(31)21(27)26(15,4)20(11-25(3,14-28)22(32)16(27)2)35-24(34)29-23(33)18-13-30-10-7-17(18)12-30/h16-22H,6-15H2,1-5H3,(H,30,33,34);15-18,20-22,32H,5-14H2,1-4H3,(H,29,33,34)/t16-,17+,18-,19+,20-,21-,22?,26+,27+,28?;15-,16+,17-,18+,20-,21?,22+,25+,26+,27?/m11/s1. The molecular weight excluding hydrogens is 915 g/mol. The molecule has 4 saturated heterocycles. The van der Waals surface area contributed by atoms with Gasteiger partial charge in [0.1, 0.15) is 30.4 Å². The number of alkyl carbamates (subject to hydrolysis) is 2. The van der Waals surface area contributed by atoms with Crippen LogP contribution in [0.2, 0.25) is 0 Å². The average molecular weight is 999 g/mol. The SMILES string of the molecule is CO[C@@H]1CCC23CC[C@@H](C)[C@](C)(C12)[C@H](OC(=O)NC(=O)[C@H]1CN2CC[C@@H]1C2)C[C@@](C)(CF)C(=O)[C@@H]3C.C[C@@H]1CCC23CCC(=O)C2[C@]1(C)[C@H](OC(=O)NC(=O)[C@H]1CN2CC[C@@H]1C2)C[C@@](C)(CF)[C@@H](O)[C@@H]3C. The minimum atomic E-state index is -1.24. The van der Waals surface area contributed by atoms with Gasteiger partial charge in [-0.1, -0.05) is 48.5 Å². The molecule has 6 unspecified atom stereocenters. The molecule has 4 aliphatic heterocycles. The number of nitrogens with zero attached hydrogens (tertiary/aromatic N) is 2. The van der Waals surface area contributed by atoms with Crippen LogP contribution < -0.4 is 10.6 Å². The number of piperidine rings is 2. The summed E-state index contributed by atoms with van der Waals surface area (Å²) in [6, 6.07) is 0. The third-order valence-electron chi connectivity index (χ3n) is 22.9. The molecule has 4 amide bonds. The maximum Gasteiger partial charge on any atom is 0.414 e. The van der Waals surface area contributed by atoms with E-state index in [-0.39, 0.29) is 107 Å². The number of halogens is 2. The number of nitrogens with one attached hydrogen (secondary N) is 2. The third-order valence-corrected chi connectivity index (χ3v) is 22.9. The van der Waals surface area contributed by atoms with E-state index in [9.17, 15) is 42.7 Å². The number of aliphatic hydroxyl groups is 1. The lowest BCUT2D eigenvalue weighted by molar-refractivity contribution is -0.200. The topological polar surface area (TPSA) is 181 Å². The molecule has 4 heterocycles. The number of methoxy groups -OCH3 is 1. The van der Waals surface area contributed by atoms with Gasteiger partial charge < -0.3 is 29.1 Å². The molecule has 10 aliphatic rings. The monoisotopic (exact) mass is 999 g/mol. The quantitative estimate of drug-likeness (QED) is 0.232. The maximum absolute atomic E-state index is 14.6. The van der Waals surface area contributed by atoms with Gasteiger partial charge in [0.2, 0.25) is 11.8 Å². The van der Waals surface area contributed by atoms with Crippen LogP contribution in [0.4, 0.5) is 18.4 Å². The highest BCUT2D eigenvalue weighted by Gasteiger charge is 2.70. The van der Waals surface area contributed by atoms with E-state index in [2.05, 4.69) is 41.2 Å².